The smallest absolute Gasteiger partial charge is 0.324 e. The molecule has 2 fully saturated rings. The molecule has 14 N–H and O–H groups in total. The van der Waals surface area contributed by atoms with Gasteiger partial charge in [-0.3, -0.25) is 25.3 Å². The Bertz CT molecular complexity index is 1040. The Morgan fingerprint density at radius 3 is 1.38 bits per heavy atom. The standard InChI is InChI=1S/C37H76N14O/c38-33(39)44-23-11-5-7-15-27-51(28-16-8-6-14-25-46-35(41)49-30-32-19-20-32)37(52)50-36(42)47-26-13-4-2-10-22-43-21-9-1-3-12-24-45-34(40)48-29-31-17-18-31/h31-32,43H,1-30H2,(H4,38,39,44)(H3,40,45,48)(H3,41,46,49)(H3,42,47,50,52). The average molecular weight is 733 g/mol. The van der Waals surface area contributed by atoms with Crippen molar-refractivity contribution < 1.29 is 4.79 Å². The predicted octanol–water partition coefficient (Wildman–Crippen LogP) is 3.05. The number of unbranched alkanes of at least 4 members (excludes halogenated alkanes) is 12. The van der Waals surface area contributed by atoms with Gasteiger partial charge in [0.25, 0.3) is 0 Å². The van der Waals surface area contributed by atoms with E-state index in [1.807, 2.05) is 4.90 Å². The number of urea groups is 1. The summed E-state index contributed by atoms with van der Waals surface area (Å²) in [4.78, 5) is 32.2. The molecule has 15 nitrogen and oxygen atoms in total. The van der Waals surface area contributed by atoms with Crippen molar-refractivity contribution in [1.29, 1.82) is 0 Å². The molecule has 0 aliphatic heterocycles. The third kappa shape index (κ3) is 28.1. The summed E-state index contributed by atoms with van der Waals surface area (Å²) in [5.74, 6) is 2.99. The molecule has 0 spiro atoms. The molecule has 0 atom stereocenters. The number of nitrogens with two attached hydrogens (primary N) is 5. The van der Waals surface area contributed by atoms with Crippen LogP contribution in [-0.2, 0) is 0 Å². The first kappa shape index (κ1) is 44.7. The van der Waals surface area contributed by atoms with Gasteiger partial charge in [0.1, 0.15) is 0 Å². The van der Waals surface area contributed by atoms with Crippen LogP contribution in [0.25, 0.3) is 0 Å². The molecular weight excluding hydrogens is 657 g/mol. The summed E-state index contributed by atoms with van der Waals surface area (Å²) in [6.07, 6.45) is 22.2. The van der Waals surface area contributed by atoms with Crippen LogP contribution < -0.4 is 49.9 Å². The summed E-state index contributed by atoms with van der Waals surface area (Å²) in [5.41, 5.74) is 28.8. The van der Waals surface area contributed by atoms with Crippen LogP contribution in [0.15, 0.2) is 20.0 Å². The van der Waals surface area contributed by atoms with E-state index >= 15 is 0 Å². The van der Waals surface area contributed by atoms with E-state index in [-0.39, 0.29) is 18.0 Å². The Labute approximate surface area is 314 Å². The Balaban J connectivity index is 1.50. The third-order valence-electron chi connectivity index (χ3n) is 9.38. The summed E-state index contributed by atoms with van der Waals surface area (Å²) in [6.45, 7) is 8.18. The van der Waals surface area contributed by atoms with Gasteiger partial charge in [0, 0.05) is 52.4 Å². The lowest BCUT2D eigenvalue weighted by Crippen LogP contribution is -2.46. The number of carbonyl (C=O) groups excluding carboxylic acids is 1. The second-order valence-corrected chi connectivity index (χ2v) is 14.6. The summed E-state index contributed by atoms with van der Waals surface area (Å²) < 4.78 is 0. The van der Waals surface area contributed by atoms with Gasteiger partial charge in [-0.1, -0.05) is 51.4 Å². The maximum atomic E-state index is 13.1. The minimum atomic E-state index is -0.177. The van der Waals surface area contributed by atoms with E-state index in [1.165, 1.54) is 44.9 Å². The number of rotatable bonds is 32. The monoisotopic (exact) mass is 733 g/mol. The molecule has 52 heavy (non-hydrogen) atoms. The fourth-order valence-corrected chi connectivity index (χ4v) is 5.67. The van der Waals surface area contributed by atoms with Crippen LogP contribution in [0.2, 0.25) is 0 Å². The largest absolute Gasteiger partial charge is 0.370 e. The lowest BCUT2D eigenvalue weighted by molar-refractivity contribution is 0.200. The molecule has 0 radical (unpaired) electrons. The van der Waals surface area contributed by atoms with Crippen LogP contribution in [-0.4, -0.2) is 100 Å². The topological polar surface area (TPSA) is 248 Å². The van der Waals surface area contributed by atoms with Crippen LogP contribution >= 0.6 is 0 Å². The minimum absolute atomic E-state index is 0.129. The second-order valence-electron chi connectivity index (χ2n) is 14.6. The number of guanidine groups is 4. The molecule has 2 amide bonds. The van der Waals surface area contributed by atoms with E-state index in [0.717, 1.165) is 135 Å². The number of amides is 2. The number of hydrogen-bond acceptors (Lipinski definition) is 6. The van der Waals surface area contributed by atoms with E-state index in [0.29, 0.717) is 38.1 Å². The van der Waals surface area contributed by atoms with Crippen molar-refractivity contribution in [2.75, 3.05) is 65.4 Å². The van der Waals surface area contributed by atoms with Crippen molar-refractivity contribution in [3.05, 3.63) is 0 Å². The molecule has 0 heterocycles. The van der Waals surface area contributed by atoms with Crippen LogP contribution in [0.5, 0.6) is 0 Å². The highest BCUT2D eigenvalue weighted by molar-refractivity contribution is 5.95. The van der Waals surface area contributed by atoms with Gasteiger partial charge in [0.15, 0.2) is 23.8 Å². The van der Waals surface area contributed by atoms with Gasteiger partial charge in [-0.2, -0.15) is 0 Å². The Morgan fingerprint density at radius 1 is 0.500 bits per heavy atom. The normalized spacial score (nSPS) is 15.0. The van der Waals surface area contributed by atoms with E-state index < -0.39 is 0 Å². The molecule has 0 aromatic rings. The van der Waals surface area contributed by atoms with Gasteiger partial charge in [-0.15, -0.1) is 0 Å². The van der Waals surface area contributed by atoms with Crippen LogP contribution in [0.1, 0.15) is 128 Å². The molecule has 15 heteroatoms. The van der Waals surface area contributed by atoms with E-state index in [9.17, 15) is 4.79 Å². The fourth-order valence-electron chi connectivity index (χ4n) is 5.67. The van der Waals surface area contributed by atoms with Gasteiger partial charge in [-0.05, 0) is 102 Å². The minimum Gasteiger partial charge on any atom is -0.370 e. The quantitative estimate of drug-likeness (QED) is 0.0280. The number of hydrogen-bond donors (Lipinski definition) is 9. The molecule has 2 rings (SSSR count). The van der Waals surface area contributed by atoms with Crippen molar-refractivity contribution in [3.63, 3.8) is 0 Å². The molecule has 0 bridgehead atoms. The zero-order valence-electron chi connectivity index (χ0n) is 32.4. The third-order valence-corrected chi connectivity index (χ3v) is 9.38. The molecule has 2 saturated carbocycles. The number of nitrogens with one attached hydrogen (secondary N) is 4. The number of carbonyl (C=O) groups is 1. The molecule has 2 aliphatic rings. The molecule has 0 aromatic heterocycles. The van der Waals surface area contributed by atoms with Crippen LogP contribution in [0.4, 0.5) is 4.79 Å². The van der Waals surface area contributed by atoms with Crippen molar-refractivity contribution >= 4 is 29.9 Å². The molecule has 0 aromatic carbocycles. The highest BCUT2D eigenvalue weighted by Crippen LogP contribution is 2.29. The number of nitrogens with zero attached hydrogens (tertiary/aromatic N) is 5. The van der Waals surface area contributed by atoms with E-state index in [4.69, 9.17) is 28.7 Å². The lowest BCUT2D eigenvalue weighted by atomic mass is 10.1. The number of aliphatic imine (C=N–C) groups is 4. The second kappa shape index (κ2) is 30.0. The SMILES string of the molecule is NC(N)=NCCCCCCN(CCCCCCNC(N)=NCC1CC1)C(=O)NC(N)=NCCCCCCNCCCCCCNC(N)=NCC1CC1. The van der Waals surface area contributed by atoms with Gasteiger partial charge in [0.2, 0.25) is 0 Å². The zero-order chi connectivity index (χ0) is 37.5. The molecule has 300 valence electrons. The van der Waals surface area contributed by atoms with Crippen LogP contribution in [0, 0.1) is 11.8 Å². The van der Waals surface area contributed by atoms with Gasteiger partial charge in [0.05, 0.1) is 0 Å². The lowest BCUT2D eigenvalue weighted by Gasteiger charge is -2.23. The predicted molar refractivity (Wildman–Crippen MR) is 218 cm³/mol. The van der Waals surface area contributed by atoms with Crippen molar-refractivity contribution in [3.8, 4) is 0 Å². The summed E-state index contributed by atoms with van der Waals surface area (Å²) >= 11 is 0. The maximum Gasteiger partial charge on any atom is 0.324 e. The fraction of sp³-hybridized carbons (Fsp3) is 0.865. The maximum absolute atomic E-state index is 13.1. The highest BCUT2D eigenvalue weighted by atomic mass is 16.2. The molecule has 0 unspecified atom stereocenters. The van der Waals surface area contributed by atoms with Gasteiger partial charge < -0.3 is 49.5 Å². The van der Waals surface area contributed by atoms with E-state index in [1.54, 1.807) is 0 Å². The highest BCUT2D eigenvalue weighted by Gasteiger charge is 2.21. The van der Waals surface area contributed by atoms with Gasteiger partial charge in [-0.25, -0.2) is 4.79 Å². The van der Waals surface area contributed by atoms with Gasteiger partial charge >= 0.3 is 6.03 Å². The van der Waals surface area contributed by atoms with Crippen molar-refractivity contribution in [2.24, 2.45) is 60.5 Å². The molecule has 2 aliphatic carbocycles. The van der Waals surface area contributed by atoms with E-state index in [2.05, 4.69) is 41.2 Å². The van der Waals surface area contributed by atoms with Crippen LogP contribution in [0.3, 0.4) is 0 Å². The zero-order valence-corrected chi connectivity index (χ0v) is 32.4. The molecule has 0 saturated heterocycles. The summed E-state index contributed by atoms with van der Waals surface area (Å²) in [5, 5.41) is 12.8. The summed E-state index contributed by atoms with van der Waals surface area (Å²) in [6, 6.07) is -0.177. The first-order chi connectivity index (χ1) is 25.3. The molecular formula is C37H76N14O. The average Bonchev–Trinajstić information content (AvgIpc) is 4.05. The Hall–Kier alpha value is -3.49. The Kier molecular flexibility index (Phi) is 25.8. The first-order valence-electron chi connectivity index (χ1n) is 20.5. The first-order valence-corrected chi connectivity index (χ1v) is 20.5. The van der Waals surface area contributed by atoms with Crippen molar-refractivity contribution in [2.45, 2.75) is 128 Å². The Morgan fingerprint density at radius 2 is 0.923 bits per heavy atom. The van der Waals surface area contributed by atoms with Crippen molar-refractivity contribution in [1.82, 2.24) is 26.2 Å². The summed E-state index contributed by atoms with van der Waals surface area (Å²) in [7, 11) is 0.